The minimum Gasteiger partial charge on any atom is -0.393 e. The van der Waals surface area contributed by atoms with Crippen LogP contribution in [0.4, 0.5) is 4.79 Å². The maximum Gasteiger partial charge on any atom is 0.318 e. The molecule has 0 aromatic rings. The molecule has 3 atom stereocenters. The smallest absolute Gasteiger partial charge is 0.318 e. The Balaban J connectivity index is 2.55. The number of aliphatic hydroxyl groups is 1. The van der Waals surface area contributed by atoms with Crippen LogP contribution in [0.3, 0.4) is 0 Å². The fraction of sp³-hybridized carbons (Fsp3) is 0.692. The van der Waals surface area contributed by atoms with Gasteiger partial charge in [-0.2, -0.15) is 0 Å². The monoisotopic (exact) mass is 343 g/mol. The Hall–Kier alpha value is -2.24. The summed E-state index contributed by atoms with van der Waals surface area (Å²) in [5.74, 6) is -0.878. The Morgan fingerprint density at radius 1 is 1.54 bits per heavy atom. The Kier molecular flexibility index (Phi) is 7.55. The number of carbonyl (C=O) groups excluding carboxylic acids is 3. The Labute approximate surface area is 139 Å². The number of aliphatic imine (C=N–C) groups is 1. The van der Waals surface area contributed by atoms with Crippen LogP contribution in [0.2, 0.25) is 0 Å². The largest absolute Gasteiger partial charge is 0.393 e. The SMILES string of the molecule is CN(C(=O)C[C@@H](N)CC(O)CCN)[C@H]1CN=C(NC(N)=O)NC1=O. The van der Waals surface area contributed by atoms with Gasteiger partial charge < -0.3 is 27.2 Å². The topological polar surface area (TPSA) is 189 Å². The van der Waals surface area contributed by atoms with Crippen molar-refractivity contribution in [1.29, 1.82) is 0 Å². The lowest BCUT2D eigenvalue weighted by Crippen LogP contribution is -2.58. The molecule has 1 aliphatic heterocycles. The maximum atomic E-state index is 12.2. The Morgan fingerprint density at radius 3 is 2.75 bits per heavy atom. The first-order valence-electron chi connectivity index (χ1n) is 7.55. The summed E-state index contributed by atoms with van der Waals surface area (Å²) in [5, 5.41) is 14.2. The van der Waals surface area contributed by atoms with Gasteiger partial charge in [-0.25, -0.2) is 9.79 Å². The normalized spacial score (nSPS) is 19.8. The highest BCUT2D eigenvalue weighted by atomic mass is 16.3. The van der Waals surface area contributed by atoms with E-state index in [1.54, 1.807) is 0 Å². The number of hydrogen-bond acceptors (Lipinski definition) is 7. The van der Waals surface area contributed by atoms with E-state index >= 15 is 0 Å². The van der Waals surface area contributed by atoms with E-state index in [1.165, 1.54) is 11.9 Å². The van der Waals surface area contributed by atoms with Crippen molar-refractivity contribution in [3.8, 4) is 0 Å². The summed E-state index contributed by atoms with van der Waals surface area (Å²) in [7, 11) is 1.47. The van der Waals surface area contributed by atoms with E-state index in [0.29, 0.717) is 13.0 Å². The highest BCUT2D eigenvalue weighted by Gasteiger charge is 2.31. The number of carbonyl (C=O) groups is 3. The number of rotatable bonds is 7. The number of likely N-dealkylation sites (N-methyl/N-ethyl adjacent to an activating group) is 1. The number of hydrogen-bond donors (Lipinski definition) is 6. The second kappa shape index (κ2) is 9.15. The summed E-state index contributed by atoms with van der Waals surface area (Å²) in [4.78, 5) is 40.2. The van der Waals surface area contributed by atoms with Crippen LogP contribution in [-0.2, 0) is 9.59 Å². The number of nitrogens with one attached hydrogen (secondary N) is 2. The molecular formula is C13H25N7O4. The van der Waals surface area contributed by atoms with Crippen LogP contribution in [0, 0.1) is 0 Å². The summed E-state index contributed by atoms with van der Waals surface area (Å²) in [5.41, 5.74) is 16.1. The number of aliphatic hydroxyl groups excluding tert-OH is 1. The van der Waals surface area contributed by atoms with Gasteiger partial charge >= 0.3 is 6.03 Å². The molecule has 11 nitrogen and oxygen atoms in total. The number of guanidine groups is 1. The molecule has 24 heavy (non-hydrogen) atoms. The molecule has 0 aromatic carbocycles. The van der Waals surface area contributed by atoms with Crippen molar-refractivity contribution in [2.45, 2.75) is 37.5 Å². The van der Waals surface area contributed by atoms with Crippen molar-refractivity contribution in [2.24, 2.45) is 22.2 Å². The molecule has 0 spiro atoms. The van der Waals surface area contributed by atoms with Crippen molar-refractivity contribution in [3.05, 3.63) is 0 Å². The van der Waals surface area contributed by atoms with Crippen LogP contribution >= 0.6 is 0 Å². The third kappa shape index (κ3) is 6.10. The van der Waals surface area contributed by atoms with E-state index in [0.717, 1.165) is 0 Å². The average molecular weight is 343 g/mol. The van der Waals surface area contributed by atoms with Crippen molar-refractivity contribution in [3.63, 3.8) is 0 Å². The lowest BCUT2D eigenvalue weighted by Gasteiger charge is -2.30. The zero-order valence-corrected chi connectivity index (χ0v) is 13.6. The molecule has 0 saturated carbocycles. The molecule has 0 fully saturated rings. The number of nitrogens with zero attached hydrogens (tertiary/aromatic N) is 2. The second-order valence-electron chi connectivity index (χ2n) is 5.62. The van der Waals surface area contributed by atoms with Gasteiger partial charge in [0.1, 0.15) is 6.04 Å². The van der Waals surface area contributed by atoms with Crippen molar-refractivity contribution < 1.29 is 19.5 Å². The Bertz CT molecular complexity index is 511. The van der Waals surface area contributed by atoms with Gasteiger partial charge in [0.25, 0.3) is 5.91 Å². The van der Waals surface area contributed by atoms with Crippen LogP contribution in [-0.4, -0.2) is 72.1 Å². The van der Waals surface area contributed by atoms with Crippen LogP contribution in [0.15, 0.2) is 4.99 Å². The number of primary amides is 1. The standard InChI is InChI=1S/C13H25N7O4/c1-20(10(22)5-7(15)4-8(21)2-3-14)9-6-17-13(18-11(9)23)19-12(16)24/h7-9,21H,2-6,14-15H2,1H3,(H4,16,17,18,19,23,24)/t7-,8?,9-/m0/s1. The molecule has 1 rings (SSSR count). The first kappa shape index (κ1) is 19.8. The average Bonchev–Trinajstić information content (AvgIpc) is 2.45. The van der Waals surface area contributed by atoms with Gasteiger partial charge in [-0.1, -0.05) is 0 Å². The molecule has 0 aromatic heterocycles. The van der Waals surface area contributed by atoms with Crippen molar-refractivity contribution >= 4 is 23.8 Å². The lowest BCUT2D eigenvalue weighted by molar-refractivity contribution is -0.138. The molecule has 1 heterocycles. The third-order valence-electron chi connectivity index (χ3n) is 3.58. The third-order valence-corrected chi connectivity index (χ3v) is 3.58. The zero-order valence-electron chi connectivity index (χ0n) is 13.6. The van der Waals surface area contributed by atoms with Crippen LogP contribution in [0.5, 0.6) is 0 Å². The quantitative estimate of drug-likeness (QED) is 0.282. The maximum absolute atomic E-state index is 12.2. The van der Waals surface area contributed by atoms with E-state index in [-0.39, 0.29) is 31.3 Å². The van der Waals surface area contributed by atoms with Crippen molar-refractivity contribution in [1.82, 2.24) is 15.5 Å². The van der Waals surface area contributed by atoms with Gasteiger partial charge in [0, 0.05) is 19.5 Å². The van der Waals surface area contributed by atoms with Crippen LogP contribution < -0.4 is 27.8 Å². The molecule has 9 N–H and O–H groups in total. The molecule has 1 unspecified atom stereocenters. The fourth-order valence-corrected chi connectivity index (χ4v) is 2.27. The predicted molar refractivity (Wildman–Crippen MR) is 86.6 cm³/mol. The van der Waals surface area contributed by atoms with Gasteiger partial charge in [0.05, 0.1) is 12.6 Å². The van der Waals surface area contributed by atoms with Gasteiger partial charge in [-0.05, 0) is 19.4 Å². The summed E-state index contributed by atoms with van der Waals surface area (Å²) < 4.78 is 0. The summed E-state index contributed by atoms with van der Waals surface area (Å²) >= 11 is 0. The second-order valence-corrected chi connectivity index (χ2v) is 5.62. The first-order chi connectivity index (χ1) is 11.2. The molecule has 11 heteroatoms. The summed E-state index contributed by atoms with van der Waals surface area (Å²) in [6.45, 7) is 0.332. The number of nitrogens with two attached hydrogens (primary N) is 3. The first-order valence-corrected chi connectivity index (χ1v) is 7.55. The molecule has 0 radical (unpaired) electrons. The fourth-order valence-electron chi connectivity index (χ4n) is 2.27. The lowest BCUT2D eigenvalue weighted by atomic mass is 10.0. The number of urea groups is 1. The van der Waals surface area contributed by atoms with E-state index in [4.69, 9.17) is 17.2 Å². The Morgan fingerprint density at radius 2 is 2.21 bits per heavy atom. The van der Waals surface area contributed by atoms with Gasteiger partial charge in [0.15, 0.2) is 0 Å². The molecular weight excluding hydrogens is 318 g/mol. The molecule has 136 valence electrons. The molecule has 1 aliphatic rings. The van der Waals surface area contributed by atoms with E-state index in [2.05, 4.69) is 15.6 Å². The minimum atomic E-state index is -0.848. The van der Waals surface area contributed by atoms with E-state index < -0.39 is 30.1 Å². The van der Waals surface area contributed by atoms with E-state index in [1.807, 2.05) is 0 Å². The summed E-state index contributed by atoms with van der Waals surface area (Å²) in [6.07, 6.45) is -0.0167. The molecule has 0 aliphatic carbocycles. The van der Waals surface area contributed by atoms with Gasteiger partial charge in [0.2, 0.25) is 11.9 Å². The number of amides is 4. The molecule has 0 saturated heterocycles. The van der Waals surface area contributed by atoms with Crippen LogP contribution in [0.25, 0.3) is 0 Å². The minimum absolute atomic E-state index is 0.00523. The van der Waals surface area contributed by atoms with Crippen LogP contribution in [0.1, 0.15) is 19.3 Å². The van der Waals surface area contributed by atoms with Gasteiger partial charge in [-0.3, -0.25) is 20.2 Å². The van der Waals surface area contributed by atoms with Gasteiger partial charge in [-0.15, -0.1) is 0 Å². The summed E-state index contributed by atoms with van der Waals surface area (Å²) in [6, 6.07) is -2.19. The highest BCUT2D eigenvalue weighted by molar-refractivity contribution is 6.07. The zero-order chi connectivity index (χ0) is 18.3. The van der Waals surface area contributed by atoms with E-state index in [9.17, 15) is 19.5 Å². The predicted octanol–water partition coefficient (Wildman–Crippen LogP) is -3.22. The molecule has 4 amide bonds. The highest BCUT2D eigenvalue weighted by Crippen LogP contribution is 2.09. The van der Waals surface area contributed by atoms with Crippen molar-refractivity contribution in [2.75, 3.05) is 20.1 Å². The molecule has 0 bridgehead atoms.